The number of hydrogen-bond acceptors (Lipinski definition) is 1. The Kier molecular flexibility index (Phi) is 6.55. The van der Waals surface area contributed by atoms with Crippen molar-refractivity contribution < 1.29 is 0 Å². The second-order valence-corrected chi connectivity index (χ2v) is 13.4. The Hall–Kier alpha value is -5.92. The minimum Gasteiger partial charge on any atom is -0.310 e. The molecule has 48 heavy (non-hydrogen) atoms. The first-order chi connectivity index (χ1) is 23.6. The molecule has 0 saturated heterocycles. The van der Waals surface area contributed by atoms with Crippen molar-refractivity contribution >= 4 is 38.6 Å². The molecule has 8 aromatic rings. The van der Waals surface area contributed by atoms with Gasteiger partial charge < -0.3 is 4.90 Å². The van der Waals surface area contributed by atoms with E-state index in [0.717, 1.165) is 17.1 Å². The van der Waals surface area contributed by atoms with Crippen LogP contribution in [0.5, 0.6) is 0 Å². The zero-order valence-electron chi connectivity index (χ0n) is 27.2. The third-order valence-electron chi connectivity index (χ3n) is 10.2. The topological polar surface area (TPSA) is 3.24 Å². The van der Waals surface area contributed by atoms with E-state index >= 15 is 0 Å². The van der Waals surface area contributed by atoms with E-state index in [1.807, 2.05) is 0 Å². The van der Waals surface area contributed by atoms with Gasteiger partial charge in [-0.2, -0.15) is 0 Å². The van der Waals surface area contributed by atoms with Crippen LogP contribution in [0, 0.1) is 0 Å². The third kappa shape index (κ3) is 4.54. The lowest BCUT2D eigenvalue weighted by molar-refractivity contribution is 0.660. The van der Waals surface area contributed by atoms with Gasteiger partial charge in [-0.3, -0.25) is 0 Å². The summed E-state index contributed by atoms with van der Waals surface area (Å²) in [5.74, 6) is 0. The molecule has 8 aromatic carbocycles. The van der Waals surface area contributed by atoms with Crippen molar-refractivity contribution in [3.63, 3.8) is 0 Å². The summed E-state index contributed by atoms with van der Waals surface area (Å²) in [5, 5.41) is 4.95. The Morgan fingerprint density at radius 3 is 1.77 bits per heavy atom. The molecular formula is C47H35N. The molecular weight excluding hydrogens is 579 g/mol. The van der Waals surface area contributed by atoms with Gasteiger partial charge in [-0.25, -0.2) is 0 Å². The van der Waals surface area contributed by atoms with Gasteiger partial charge in [-0.05, 0) is 103 Å². The maximum absolute atomic E-state index is 2.45. The highest BCUT2D eigenvalue weighted by atomic mass is 15.1. The fraction of sp³-hybridized carbons (Fsp3) is 0.0638. The fourth-order valence-electron chi connectivity index (χ4n) is 7.78. The van der Waals surface area contributed by atoms with Gasteiger partial charge in [0.15, 0.2) is 0 Å². The van der Waals surface area contributed by atoms with Gasteiger partial charge in [0.05, 0.1) is 5.69 Å². The van der Waals surface area contributed by atoms with E-state index in [9.17, 15) is 0 Å². The molecule has 1 aliphatic carbocycles. The molecule has 0 aromatic heterocycles. The highest BCUT2D eigenvalue weighted by Gasteiger charge is 2.37. The van der Waals surface area contributed by atoms with Gasteiger partial charge in [0, 0.05) is 22.4 Å². The summed E-state index contributed by atoms with van der Waals surface area (Å²) in [6.07, 6.45) is 0. The maximum Gasteiger partial charge on any atom is 0.0546 e. The smallest absolute Gasteiger partial charge is 0.0546 e. The van der Waals surface area contributed by atoms with Crippen molar-refractivity contribution in [3.05, 3.63) is 187 Å². The SMILES string of the molecule is CC1(C)c2cc(N(c3ccccc3)c3cc4ccccc4cc3-c3ccc4ccccc4c3)ccc2-c2c(-c3ccccc3)cccc21. The summed E-state index contributed by atoms with van der Waals surface area (Å²) in [6.45, 7) is 4.75. The molecule has 0 saturated carbocycles. The Labute approximate surface area is 282 Å². The van der Waals surface area contributed by atoms with Gasteiger partial charge in [0.25, 0.3) is 0 Å². The number of nitrogens with zero attached hydrogens (tertiary/aromatic N) is 1. The molecule has 0 heterocycles. The normalized spacial score (nSPS) is 13.0. The monoisotopic (exact) mass is 613 g/mol. The van der Waals surface area contributed by atoms with E-state index in [0.29, 0.717) is 0 Å². The quantitative estimate of drug-likeness (QED) is 0.187. The van der Waals surface area contributed by atoms with Crippen molar-refractivity contribution in [2.75, 3.05) is 4.90 Å². The fourth-order valence-corrected chi connectivity index (χ4v) is 7.78. The Morgan fingerprint density at radius 2 is 1.02 bits per heavy atom. The summed E-state index contributed by atoms with van der Waals surface area (Å²) in [4.78, 5) is 2.45. The van der Waals surface area contributed by atoms with Crippen molar-refractivity contribution in [3.8, 4) is 33.4 Å². The molecule has 0 radical (unpaired) electrons. The molecule has 0 amide bonds. The van der Waals surface area contributed by atoms with Gasteiger partial charge in [-0.15, -0.1) is 0 Å². The number of rotatable bonds is 5. The van der Waals surface area contributed by atoms with E-state index in [-0.39, 0.29) is 5.41 Å². The molecule has 1 nitrogen and oxygen atoms in total. The Morgan fingerprint density at radius 1 is 0.375 bits per heavy atom. The lowest BCUT2D eigenvalue weighted by atomic mass is 9.81. The number of hydrogen-bond donors (Lipinski definition) is 0. The number of fused-ring (bicyclic) bond motifs is 5. The van der Waals surface area contributed by atoms with Gasteiger partial charge >= 0.3 is 0 Å². The minimum absolute atomic E-state index is 0.154. The van der Waals surface area contributed by atoms with Crippen molar-refractivity contribution in [1.82, 2.24) is 0 Å². The highest BCUT2D eigenvalue weighted by Crippen LogP contribution is 2.54. The molecule has 0 atom stereocenters. The largest absolute Gasteiger partial charge is 0.310 e. The number of anilines is 3. The molecule has 0 spiro atoms. The van der Waals surface area contributed by atoms with E-state index < -0.39 is 0 Å². The van der Waals surface area contributed by atoms with Crippen LogP contribution in [-0.4, -0.2) is 0 Å². The molecule has 0 fully saturated rings. The Bertz CT molecular complexity index is 2470. The lowest BCUT2D eigenvalue weighted by Gasteiger charge is -2.30. The zero-order chi connectivity index (χ0) is 32.2. The molecule has 228 valence electrons. The Balaban J connectivity index is 1.28. The summed E-state index contributed by atoms with van der Waals surface area (Å²) in [5.41, 5.74) is 13.7. The van der Waals surface area contributed by atoms with Crippen LogP contribution in [0.2, 0.25) is 0 Å². The predicted octanol–water partition coefficient (Wildman–Crippen LogP) is 13.1. The van der Waals surface area contributed by atoms with Gasteiger partial charge in [-0.1, -0.05) is 147 Å². The average Bonchev–Trinajstić information content (AvgIpc) is 3.37. The first-order valence-corrected chi connectivity index (χ1v) is 16.8. The molecule has 0 aliphatic heterocycles. The van der Waals surface area contributed by atoms with Crippen LogP contribution in [0.1, 0.15) is 25.0 Å². The predicted molar refractivity (Wildman–Crippen MR) is 205 cm³/mol. The molecule has 9 rings (SSSR count). The average molecular weight is 614 g/mol. The van der Waals surface area contributed by atoms with Crippen LogP contribution >= 0.6 is 0 Å². The van der Waals surface area contributed by atoms with Crippen LogP contribution in [0.25, 0.3) is 54.9 Å². The van der Waals surface area contributed by atoms with Crippen LogP contribution < -0.4 is 4.90 Å². The first-order valence-electron chi connectivity index (χ1n) is 16.8. The molecule has 0 unspecified atom stereocenters. The van der Waals surface area contributed by atoms with Gasteiger partial charge in [0.1, 0.15) is 0 Å². The molecule has 1 heteroatoms. The minimum atomic E-state index is -0.154. The van der Waals surface area contributed by atoms with Crippen molar-refractivity contribution in [2.24, 2.45) is 0 Å². The summed E-state index contributed by atoms with van der Waals surface area (Å²) < 4.78 is 0. The molecule has 1 aliphatic rings. The second kappa shape index (κ2) is 11.1. The van der Waals surface area contributed by atoms with Crippen LogP contribution in [0.15, 0.2) is 176 Å². The summed E-state index contributed by atoms with van der Waals surface area (Å²) >= 11 is 0. The maximum atomic E-state index is 2.45. The van der Waals surface area contributed by atoms with E-state index in [1.54, 1.807) is 0 Å². The summed E-state index contributed by atoms with van der Waals surface area (Å²) in [6, 6.07) is 64.5. The highest BCUT2D eigenvalue weighted by molar-refractivity contribution is 6.01. The standard InChI is InChI=1S/C47H35N/c1-47(2)43-23-13-22-40(33-15-5-3-6-16-33)46(43)41-27-26-39(31-44(41)47)48(38-20-7-4-8-21-38)45-30-36-19-12-11-18-35(36)29-42(45)37-25-24-32-14-9-10-17-34(32)28-37/h3-31H,1-2H3. The van der Waals surface area contributed by atoms with Crippen molar-refractivity contribution in [1.29, 1.82) is 0 Å². The lowest BCUT2D eigenvalue weighted by Crippen LogP contribution is -2.17. The zero-order valence-corrected chi connectivity index (χ0v) is 27.2. The first kappa shape index (κ1) is 28.3. The number of benzene rings is 8. The third-order valence-corrected chi connectivity index (χ3v) is 10.2. The van der Waals surface area contributed by atoms with Crippen molar-refractivity contribution in [2.45, 2.75) is 19.3 Å². The molecule has 0 bridgehead atoms. The van der Waals surface area contributed by atoms with Crippen LogP contribution in [0.3, 0.4) is 0 Å². The molecule has 0 N–H and O–H groups in total. The van der Waals surface area contributed by atoms with E-state index in [2.05, 4.69) is 195 Å². The van der Waals surface area contributed by atoms with Crippen LogP contribution in [0.4, 0.5) is 17.1 Å². The second-order valence-electron chi connectivity index (χ2n) is 13.4. The van der Waals surface area contributed by atoms with Gasteiger partial charge in [0.2, 0.25) is 0 Å². The number of para-hydroxylation sites is 1. The van der Waals surface area contributed by atoms with E-state index in [1.165, 1.54) is 66.1 Å². The summed E-state index contributed by atoms with van der Waals surface area (Å²) in [7, 11) is 0. The van der Waals surface area contributed by atoms with Crippen LogP contribution in [-0.2, 0) is 5.41 Å². The van der Waals surface area contributed by atoms with E-state index in [4.69, 9.17) is 0 Å².